The number of nitrogens with one attached hydrogen (secondary N) is 3. The monoisotopic (exact) mass is 372 g/mol. The Morgan fingerprint density at radius 3 is 2.48 bits per heavy atom. The van der Waals surface area contributed by atoms with Crippen LogP contribution >= 0.6 is 0 Å². The maximum absolute atomic E-state index is 11.2. The molecule has 4 rings (SSSR count). The van der Waals surface area contributed by atoms with E-state index in [9.17, 15) is 5.11 Å². The quantitative estimate of drug-likeness (QED) is 0.471. The molecule has 5 nitrogen and oxygen atoms in total. The number of aliphatic hydroxyl groups is 1. The Hall–Kier alpha value is -1.14. The van der Waals surface area contributed by atoms with Gasteiger partial charge in [0.25, 0.3) is 0 Å². The SMILES string of the molecule is CC(N)C(C1C=CNC(NCC2CCCCC2)N1)C(O)C1C2C=CC=CC21. The molecule has 2 saturated carbocycles. The molecule has 0 aromatic carbocycles. The van der Waals surface area contributed by atoms with E-state index < -0.39 is 6.10 Å². The van der Waals surface area contributed by atoms with Crippen molar-refractivity contribution in [3.05, 3.63) is 36.6 Å². The number of rotatable bonds is 7. The zero-order valence-electron chi connectivity index (χ0n) is 16.4. The van der Waals surface area contributed by atoms with E-state index in [0.717, 1.165) is 12.5 Å². The van der Waals surface area contributed by atoms with E-state index in [4.69, 9.17) is 5.73 Å². The van der Waals surface area contributed by atoms with Crippen molar-refractivity contribution in [3.63, 3.8) is 0 Å². The maximum atomic E-state index is 11.2. The van der Waals surface area contributed by atoms with Crippen LogP contribution in [0.15, 0.2) is 36.6 Å². The molecule has 0 saturated heterocycles. The van der Waals surface area contributed by atoms with Crippen molar-refractivity contribution in [1.82, 2.24) is 16.0 Å². The molecular formula is C22H36N4O. The Kier molecular flexibility index (Phi) is 6.02. The van der Waals surface area contributed by atoms with Crippen LogP contribution < -0.4 is 21.7 Å². The number of fused-ring (bicyclic) bond motifs is 1. The molecule has 0 radical (unpaired) electrons. The van der Waals surface area contributed by atoms with Gasteiger partial charge in [0.15, 0.2) is 0 Å². The van der Waals surface area contributed by atoms with E-state index in [-0.39, 0.29) is 24.3 Å². The number of hydrogen-bond acceptors (Lipinski definition) is 5. The molecule has 6 N–H and O–H groups in total. The van der Waals surface area contributed by atoms with Gasteiger partial charge < -0.3 is 16.2 Å². The highest BCUT2D eigenvalue weighted by atomic mass is 16.3. The number of hydrogen-bond donors (Lipinski definition) is 5. The minimum atomic E-state index is -0.397. The number of aliphatic hydroxyl groups excluding tert-OH is 1. The first kappa shape index (κ1) is 19.2. The molecule has 3 aliphatic carbocycles. The summed E-state index contributed by atoms with van der Waals surface area (Å²) in [7, 11) is 0. The molecule has 0 bridgehead atoms. The van der Waals surface area contributed by atoms with E-state index in [1.807, 2.05) is 13.1 Å². The van der Waals surface area contributed by atoms with Crippen molar-refractivity contribution in [2.24, 2.45) is 35.3 Å². The third-order valence-electron chi connectivity index (χ3n) is 7.04. The van der Waals surface area contributed by atoms with Gasteiger partial charge in [0.1, 0.15) is 6.29 Å². The second kappa shape index (κ2) is 8.48. The summed E-state index contributed by atoms with van der Waals surface area (Å²) in [5.74, 6) is 2.05. The highest BCUT2D eigenvalue weighted by molar-refractivity contribution is 5.27. The Balaban J connectivity index is 1.34. The molecule has 27 heavy (non-hydrogen) atoms. The van der Waals surface area contributed by atoms with Crippen molar-refractivity contribution in [1.29, 1.82) is 0 Å². The topological polar surface area (TPSA) is 82.3 Å². The first-order chi connectivity index (χ1) is 13.1. The maximum Gasteiger partial charge on any atom is 0.132 e. The van der Waals surface area contributed by atoms with Gasteiger partial charge in [-0.25, -0.2) is 0 Å². The van der Waals surface area contributed by atoms with Gasteiger partial charge in [0, 0.05) is 24.5 Å². The van der Waals surface area contributed by atoms with E-state index in [0.29, 0.717) is 17.8 Å². The molecule has 0 spiro atoms. The van der Waals surface area contributed by atoms with Gasteiger partial charge in [-0.05, 0) is 49.6 Å². The summed E-state index contributed by atoms with van der Waals surface area (Å²) in [6.45, 7) is 3.06. The lowest BCUT2D eigenvalue weighted by molar-refractivity contribution is 0.0513. The molecule has 7 unspecified atom stereocenters. The molecule has 7 atom stereocenters. The van der Waals surface area contributed by atoms with Crippen molar-refractivity contribution in [3.8, 4) is 0 Å². The van der Waals surface area contributed by atoms with Crippen LogP contribution in [0.1, 0.15) is 39.0 Å². The molecule has 1 heterocycles. The summed E-state index contributed by atoms with van der Waals surface area (Å²) < 4.78 is 0. The fourth-order valence-electron chi connectivity index (χ4n) is 5.43. The first-order valence-corrected chi connectivity index (χ1v) is 10.9. The van der Waals surface area contributed by atoms with Crippen molar-refractivity contribution in [2.75, 3.05) is 6.54 Å². The van der Waals surface area contributed by atoms with Crippen LogP contribution in [-0.4, -0.2) is 36.1 Å². The normalized spacial score (nSPS) is 38.7. The minimum absolute atomic E-state index is 0.000249. The summed E-state index contributed by atoms with van der Waals surface area (Å²) in [4.78, 5) is 0. The van der Waals surface area contributed by atoms with Gasteiger partial charge in [-0.3, -0.25) is 10.6 Å². The number of nitrogens with two attached hydrogens (primary N) is 1. The van der Waals surface area contributed by atoms with E-state index in [1.165, 1.54) is 32.1 Å². The lowest BCUT2D eigenvalue weighted by Crippen LogP contribution is -2.62. The highest BCUT2D eigenvalue weighted by Gasteiger charge is 2.54. The summed E-state index contributed by atoms with van der Waals surface area (Å²) in [6, 6.07) is -0.00410. The standard InChI is InChI=1S/C22H36N4O/c1-14(23)19(21(27)20-16-9-5-6-10-17(16)20)18-11-12-24-22(26-18)25-13-15-7-3-2-4-8-15/h5-6,9-12,14-22,24-27H,2-4,7-8,13,23H2,1H3. The molecular weight excluding hydrogens is 336 g/mol. The summed E-state index contributed by atoms with van der Waals surface area (Å²) in [6.07, 6.45) is 19.2. The Labute approximate surface area is 163 Å². The van der Waals surface area contributed by atoms with Crippen molar-refractivity contribution < 1.29 is 5.11 Å². The molecule has 0 aromatic rings. The zero-order chi connectivity index (χ0) is 18.8. The summed E-state index contributed by atoms with van der Waals surface area (Å²) in [5, 5.41) is 21.8. The van der Waals surface area contributed by atoms with E-state index >= 15 is 0 Å². The van der Waals surface area contributed by atoms with Gasteiger partial charge in [-0.2, -0.15) is 0 Å². The predicted molar refractivity (Wildman–Crippen MR) is 109 cm³/mol. The van der Waals surface area contributed by atoms with Crippen LogP contribution in [0.2, 0.25) is 0 Å². The van der Waals surface area contributed by atoms with Crippen molar-refractivity contribution in [2.45, 2.75) is 63.5 Å². The zero-order valence-corrected chi connectivity index (χ0v) is 16.4. The van der Waals surface area contributed by atoms with E-state index in [1.54, 1.807) is 0 Å². The minimum Gasteiger partial charge on any atom is -0.392 e. The van der Waals surface area contributed by atoms with E-state index in [2.05, 4.69) is 46.3 Å². The summed E-state index contributed by atoms with van der Waals surface area (Å²) >= 11 is 0. The van der Waals surface area contributed by atoms with Gasteiger partial charge in [0.2, 0.25) is 0 Å². The van der Waals surface area contributed by atoms with Crippen LogP contribution in [0, 0.1) is 29.6 Å². The second-order valence-corrected chi connectivity index (χ2v) is 8.99. The largest absolute Gasteiger partial charge is 0.392 e. The molecule has 150 valence electrons. The molecule has 4 aliphatic rings. The van der Waals surface area contributed by atoms with Crippen LogP contribution in [-0.2, 0) is 0 Å². The predicted octanol–water partition coefficient (Wildman–Crippen LogP) is 1.83. The third kappa shape index (κ3) is 4.32. The molecule has 1 aliphatic heterocycles. The second-order valence-electron chi connectivity index (χ2n) is 8.99. The van der Waals surface area contributed by atoms with Crippen LogP contribution in [0.5, 0.6) is 0 Å². The highest BCUT2D eigenvalue weighted by Crippen LogP contribution is 2.53. The summed E-state index contributed by atoms with van der Waals surface area (Å²) in [5.41, 5.74) is 6.35. The first-order valence-electron chi connectivity index (χ1n) is 10.9. The van der Waals surface area contributed by atoms with Gasteiger partial charge in [0.05, 0.1) is 6.10 Å². The molecule has 0 aromatic heterocycles. The molecule has 0 amide bonds. The van der Waals surface area contributed by atoms with Crippen LogP contribution in [0.25, 0.3) is 0 Å². The number of allylic oxidation sites excluding steroid dienone is 4. The Morgan fingerprint density at radius 1 is 1.11 bits per heavy atom. The average molecular weight is 373 g/mol. The molecule has 2 fully saturated rings. The van der Waals surface area contributed by atoms with Crippen molar-refractivity contribution >= 4 is 0 Å². The fraction of sp³-hybridized carbons (Fsp3) is 0.727. The van der Waals surface area contributed by atoms with Crippen LogP contribution in [0.3, 0.4) is 0 Å². The fourth-order valence-corrected chi connectivity index (χ4v) is 5.43. The van der Waals surface area contributed by atoms with Gasteiger partial charge in [-0.15, -0.1) is 0 Å². The average Bonchev–Trinajstić information content (AvgIpc) is 3.42. The smallest absolute Gasteiger partial charge is 0.132 e. The Bertz CT molecular complexity index is 563. The van der Waals surface area contributed by atoms with Gasteiger partial charge in [-0.1, -0.05) is 49.6 Å². The van der Waals surface area contributed by atoms with Crippen LogP contribution in [0.4, 0.5) is 0 Å². The molecule has 5 heteroatoms. The Morgan fingerprint density at radius 2 is 1.81 bits per heavy atom. The van der Waals surface area contributed by atoms with Gasteiger partial charge >= 0.3 is 0 Å². The lowest BCUT2D eigenvalue weighted by Gasteiger charge is -2.38. The lowest BCUT2D eigenvalue weighted by atomic mass is 9.84. The third-order valence-corrected chi connectivity index (χ3v) is 7.04.